The van der Waals surface area contributed by atoms with Gasteiger partial charge in [0, 0.05) is 24.9 Å². The third kappa shape index (κ3) is 5.23. The average molecular weight is 217 g/mol. The van der Waals surface area contributed by atoms with Crippen LogP contribution in [0, 0.1) is 0 Å². The summed E-state index contributed by atoms with van der Waals surface area (Å²) in [7, 11) is 0. The van der Waals surface area contributed by atoms with Crippen molar-refractivity contribution in [1.82, 2.24) is 5.32 Å². The molecule has 0 amide bonds. The largest absolute Gasteiger partial charge is 0.377 e. The highest BCUT2D eigenvalue weighted by atomic mass is 32.2. The summed E-state index contributed by atoms with van der Waals surface area (Å²) in [6, 6.07) is 0. The van der Waals surface area contributed by atoms with Gasteiger partial charge in [-0.1, -0.05) is 13.8 Å². The molecule has 1 fully saturated rings. The average Bonchev–Trinajstić information content (AvgIpc) is 2.67. The molecule has 0 aromatic heterocycles. The van der Waals surface area contributed by atoms with Gasteiger partial charge in [-0.25, -0.2) is 0 Å². The Morgan fingerprint density at radius 3 is 3.07 bits per heavy atom. The summed E-state index contributed by atoms with van der Waals surface area (Å²) in [6.45, 7) is 7.65. The summed E-state index contributed by atoms with van der Waals surface area (Å²) < 4.78 is 5.55. The van der Waals surface area contributed by atoms with E-state index in [1.54, 1.807) is 0 Å². The molecule has 0 saturated carbocycles. The van der Waals surface area contributed by atoms with Gasteiger partial charge in [0.05, 0.1) is 6.10 Å². The van der Waals surface area contributed by atoms with Gasteiger partial charge in [-0.15, -0.1) is 0 Å². The molecule has 2 atom stereocenters. The second kappa shape index (κ2) is 7.55. The lowest BCUT2D eigenvalue weighted by atomic mass is 10.2. The van der Waals surface area contributed by atoms with Crippen molar-refractivity contribution in [2.24, 2.45) is 0 Å². The van der Waals surface area contributed by atoms with Crippen molar-refractivity contribution in [3.8, 4) is 0 Å². The van der Waals surface area contributed by atoms with Crippen LogP contribution in [0.1, 0.15) is 33.1 Å². The van der Waals surface area contributed by atoms with E-state index >= 15 is 0 Å². The van der Waals surface area contributed by atoms with E-state index in [9.17, 15) is 0 Å². The zero-order chi connectivity index (χ0) is 10.2. The van der Waals surface area contributed by atoms with Gasteiger partial charge in [-0.2, -0.15) is 11.8 Å². The van der Waals surface area contributed by atoms with Crippen LogP contribution in [-0.4, -0.2) is 36.8 Å². The Morgan fingerprint density at radius 1 is 1.57 bits per heavy atom. The number of nitrogens with one attached hydrogen (secondary N) is 1. The Balaban J connectivity index is 1.91. The monoisotopic (exact) mass is 217 g/mol. The first-order valence-electron chi connectivity index (χ1n) is 5.77. The molecule has 1 aliphatic heterocycles. The molecule has 1 rings (SSSR count). The molecule has 3 heteroatoms. The summed E-state index contributed by atoms with van der Waals surface area (Å²) >= 11 is 2.06. The molecule has 0 aromatic carbocycles. The SMILES string of the molecule is CCCSC(C)CNCC1CCCO1. The quantitative estimate of drug-likeness (QED) is 0.707. The number of rotatable bonds is 7. The smallest absolute Gasteiger partial charge is 0.0700 e. The zero-order valence-electron chi connectivity index (χ0n) is 9.42. The Kier molecular flexibility index (Phi) is 6.65. The van der Waals surface area contributed by atoms with E-state index in [0.717, 1.165) is 24.9 Å². The number of ether oxygens (including phenoxy) is 1. The van der Waals surface area contributed by atoms with E-state index in [2.05, 4.69) is 30.9 Å². The summed E-state index contributed by atoms with van der Waals surface area (Å²) in [6.07, 6.45) is 4.25. The van der Waals surface area contributed by atoms with Crippen LogP contribution < -0.4 is 5.32 Å². The van der Waals surface area contributed by atoms with Crippen LogP contribution in [0.4, 0.5) is 0 Å². The van der Waals surface area contributed by atoms with Gasteiger partial charge in [0.15, 0.2) is 0 Å². The highest BCUT2D eigenvalue weighted by Crippen LogP contribution is 2.12. The Morgan fingerprint density at radius 2 is 2.43 bits per heavy atom. The third-order valence-electron chi connectivity index (χ3n) is 2.43. The van der Waals surface area contributed by atoms with Gasteiger partial charge < -0.3 is 10.1 Å². The minimum absolute atomic E-state index is 0.485. The van der Waals surface area contributed by atoms with E-state index in [1.807, 2.05) is 0 Å². The van der Waals surface area contributed by atoms with Crippen molar-refractivity contribution >= 4 is 11.8 Å². The van der Waals surface area contributed by atoms with Crippen LogP contribution >= 0.6 is 11.8 Å². The highest BCUT2D eigenvalue weighted by Gasteiger charge is 2.14. The standard InChI is InChI=1S/C11H23NOS/c1-3-7-14-10(2)8-12-9-11-5-4-6-13-11/h10-12H,3-9H2,1-2H3. The van der Waals surface area contributed by atoms with Crippen molar-refractivity contribution in [2.45, 2.75) is 44.5 Å². The van der Waals surface area contributed by atoms with Crippen molar-refractivity contribution in [1.29, 1.82) is 0 Å². The molecule has 1 saturated heterocycles. The fraction of sp³-hybridized carbons (Fsp3) is 1.00. The van der Waals surface area contributed by atoms with Crippen molar-refractivity contribution in [3.05, 3.63) is 0 Å². The topological polar surface area (TPSA) is 21.3 Å². The second-order valence-electron chi connectivity index (χ2n) is 3.97. The van der Waals surface area contributed by atoms with Crippen LogP contribution in [0.25, 0.3) is 0 Å². The first-order valence-corrected chi connectivity index (χ1v) is 6.81. The van der Waals surface area contributed by atoms with Crippen LogP contribution in [0.15, 0.2) is 0 Å². The highest BCUT2D eigenvalue weighted by molar-refractivity contribution is 7.99. The fourth-order valence-electron chi connectivity index (χ4n) is 1.63. The van der Waals surface area contributed by atoms with Gasteiger partial charge >= 0.3 is 0 Å². The van der Waals surface area contributed by atoms with Gasteiger partial charge in [0.25, 0.3) is 0 Å². The molecule has 0 aliphatic carbocycles. The lowest BCUT2D eigenvalue weighted by molar-refractivity contribution is 0.110. The molecule has 0 bridgehead atoms. The number of hydrogen-bond donors (Lipinski definition) is 1. The van der Waals surface area contributed by atoms with Gasteiger partial charge in [-0.05, 0) is 25.0 Å². The molecular weight excluding hydrogens is 194 g/mol. The van der Waals surface area contributed by atoms with Crippen LogP contribution in [0.5, 0.6) is 0 Å². The van der Waals surface area contributed by atoms with E-state index in [1.165, 1.54) is 25.0 Å². The van der Waals surface area contributed by atoms with E-state index in [-0.39, 0.29) is 0 Å². The Hall–Kier alpha value is 0.270. The summed E-state index contributed by atoms with van der Waals surface area (Å²) in [5.41, 5.74) is 0. The maximum absolute atomic E-state index is 5.55. The predicted octanol–water partition coefficient (Wildman–Crippen LogP) is 2.29. The van der Waals surface area contributed by atoms with Crippen LogP contribution in [-0.2, 0) is 4.74 Å². The fourth-order valence-corrected chi connectivity index (χ4v) is 2.50. The number of hydrogen-bond acceptors (Lipinski definition) is 3. The lowest BCUT2D eigenvalue weighted by Crippen LogP contribution is -2.30. The minimum Gasteiger partial charge on any atom is -0.377 e. The molecular formula is C11H23NOS. The maximum atomic E-state index is 5.55. The normalized spacial score (nSPS) is 24.0. The maximum Gasteiger partial charge on any atom is 0.0700 e. The number of thioether (sulfide) groups is 1. The first kappa shape index (κ1) is 12.3. The van der Waals surface area contributed by atoms with Crippen LogP contribution in [0.2, 0.25) is 0 Å². The predicted molar refractivity (Wildman–Crippen MR) is 64.1 cm³/mol. The zero-order valence-corrected chi connectivity index (χ0v) is 10.2. The third-order valence-corrected chi connectivity index (χ3v) is 3.81. The van der Waals surface area contributed by atoms with Gasteiger partial charge in [-0.3, -0.25) is 0 Å². The molecule has 1 N–H and O–H groups in total. The Bertz CT molecular complexity index is 137. The van der Waals surface area contributed by atoms with Crippen molar-refractivity contribution in [2.75, 3.05) is 25.4 Å². The lowest BCUT2D eigenvalue weighted by Gasteiger charge is -2.14. The molecule has 1 aliphatic rings. The van der Waals surface area contributed by atoms with Crippen LogP contribution in [0.3, 0.4) is 0 Å². The molecule has 0 aromatic rings. The molecule has 0 radical (unpaired) electrons. The molecule has 2 unspecified atom stereocenters. The first-order chi connectivity index (χ1) is 6.83. The second-order valence-corrected chi connectivity index (χ2v) is 5.52. The van der Waals surface area contributed by atoms with Crippen molar-refractivity contribution < 1.29 is 4.74 Å². The summed E-state index contributed by atoms with van der Waals surface area (Å²) in [5, 5.41) is 4.22. The molecule has 84 valence electrons. The minimum atomic E-state index is 0.485. The molecule has 2 nitrogen and oxygen atoms in total. The molecule has 1 heterocycles. The van der Waals surface area contributed by atoms with E-state index in [0.29, 0.717) is 6.10 Å². The van der Waals surface area contributed by atoms with Gasteiger partial charge in [0.2, 0.25) is 0 Å². The van der Waals surface area contributed by atoms with E-state index in [4.69, 9.17) is 4.74 Å². The molecule has 14 heavy (non-hydrogen) atoms. The summed E-state index contributed by atoms with van der Waals surface area (Å²) in [4.78, 5) is 0. The molecule has 0 spiro atoms. The van der Waals surface area contributed by atoms with Crippen molar-refractivity contribution in [3.63, 3.8) is 0 Å². The summed E-state index contributed by atoms with van der Waals surface area (Å²) in [5.74, 6) is 1.28. The Labute approximate surface area is 92.2 Å². The van der Waals surface area contributed by atoms with Gasteiger partial charge in [0.1, 0.15) is 0 Å². The van der Waals surface area contributed by atoms with E-state index < -0.39 is 0 Å².